The maximum absolute atomic E-state index is 12.7. The standard InChI is InChI=1S/C19H16O5/c20-16(21)11-6-12-23-19-17(22)14-9-4-5-10-15(14)24-18(19)13-7-2-1-3-8-13/h1-5,7-10H,6,11-12H2,(H,20,21). The number of carbonyl (C=O) groups is 1. The van der Waals surface area contributed by atoms with Crippen LogP contribution in [0.15, 0.2) is 63.8 Å². The average molecular weight is 324 g/mol. The normalized spacial score (nSPS) is 10.7. The molecule has 3 rings (SSSR count). The molecule has 0 aliphatic rings. The van der Waals surface area contributed by atoms with Crippen molar-refractivity contribution in [1.82, 2.24) is 0 Å². The van der Waals surface area contributed by atoms with Crippen molar-refractivity contribution in [1.29, 1.82) is 0 Å². The quantitative estimate of drug-likeness (QED) is 0.700. The molecule has 0 spiro atoms. The van der Waals surface area contributed by atoms with Gasteiger partial charge in [-0.15, -0.1) is 0 Å². The molecule has 0 saturated heterocycles. The first-order chi connectivity index (χ1) is 11.7. The van der Waals surface area contributed by atoms with E-state index in [1.165, 1.54) is 0 Å². The Labute approximate surface area is 138 Å². The van der Waals surface area contributed by atoms with E-state index in [9.17, 15) is 9.59 Å². The average Bonchev–Trinajstić information content (AvgIpc) is 2.60. The molecule has 0 unspecified atom stereocenters. The molecule has 0 bridgehead atoms. The predicted octanol–water partition coefficient (Wildman–Crippen LogP) is 3.70. The highest BCUT2D eigenvalue weighted by Gasteiger charge is 2.17. The van der Waals surface area contributed by atoms with Gasteiger partial charge in [-0.05, 0) is 18.6 Å². The largest absolute Gasteiger partial charge is 0.486 e. The van der Waals surface area contributed by atoms with Gasteiger partial charge in [0.2, 0.25) is 11.2 Å². The minimum absolute atomic E-state index is 0.0143. The zero-order chi connectivity index (χ0) is 16.9. The van der Waals surface area contributed by atoms with E-state index in [0.717, 1.165) is 5.56 Å². The molecule has 0 radical (unpaired) electrons. The molecule has 122 valence electrons. The van der Waals surface area contributed by atoms with Gasteiger partial charge in [0.25, 0.3) is 0 Å². The van der Waals surface area contributed by atoms with Gasteiger partial charge in [-0.3, -0.25) is 9.59 Å². The highest BCUT2D eigenvalue weighted by atomic mass is 16.5. The summed E-state index contributed by atoms with van der Waals surface area (Å²) in [6.45, 7) is 0.134. The van der Waals surface area contributed by atoms with Crippen molar-refractivity contribution in [2.24, 2.45) is 0 Å². The first kappa shape index (κ1) is 15.8. The first-order valence-electron chi connectivity index (χ1n) is 7.62. The van der Waals surface area contributed by atoms with Crippen molar-refractivity contribution in [3.05, 3.63) is 64.8 Å². The molecule has 0 fully saturated rings. The summed E-state index contributed by atoms with van der Waals surface area (Å²) in [5, 5.41) is 9.14. The molecule has 0 atom stereocenters. The summed E-state index contributed by atoms with van der Waals surface area (Å²) < 4.78 is 11.5. The summed E-state index contributed by atoms with van der Waals surface area (Å²) in [6, 6.07) is 16.2. The van der Waals surface area contributed by atoms with E-state index in [0.29, 0.717) is 23.2 Å². The first-order valence-corrected chi connectivity index (χ1v) is 7.62. The molecule has 0 aliphatic carbocycles. The molecular weight excluding hydrogens is 308 g/mol. The third kappa shape index (κ3) is 3.30. The van der Waals surface area contributed by atoms with Crippen LogP contribution in [0.3, 0.4) is 0 Å². The highest BCUT2D eigenvalue weighted by molar-refractivity contribution is 5.81. The van der Waals surface area contributed by atoms with Crippen LogP contribution < -0.4 is 10.2 Å². The topological polar surface area (TPSA) is 76.7 Å². The maximum Gasteiger partial charge on any atom is 0.303 e. The molecule has 1 heterocycles. The maximum atomic E-state index is 12.7. The summed E-state index contributed by atoms with van der Waals surface area (Å²) in [4.78, 5) is 23.4. The molecule has 1 aromatic heterocycles. The Balaban J connectivity index is 2.05. The molecule has 1 N–H and O–H groups in total. The molecule has 0 amide bonds. The van der Waals surface area contributed by atoms with Gasteiger partial charge in [-0.1, -0.05) is 42.5 Å². The van der Waals surface area contributed by atoms with Crippen molar-refractivity contribution >= 4 is 16.9 Å². The second-order valence-electron chi connectivity index (χ2n) is 5.30. The lowest BCUT2D eigenvalue weighted by molar-refractivity contribution is -0.137. The summed E-state index contributed by atoms with van der Waals surface area (Å²) in [5.74, 6) is -0.424. The lowest BCUT2D eigenvalue weighted by Gasteiger charge is -2.11. The monoisotopic (exact) mass is 324 g/mol. The van der Waals surface area contributed by atoms with Gasteiger partial charge < -0.3 is 14.3 Å². The Morgan fingerprint density at radius 2 is 1.75 bits per heavy atom. The van der Waals surface area contributed by atoms with Gasteiger partial charge in [-0.25, -0.2) is 0 Å². The lowest BCUT2D eigenvalue weighted by atomic mass is 10.1. The summed E-state index contributed by atoms with van der Waals surface area (Å²) in [7, 11) is 0. The highest BCUT2D eigenvalue weighted by Crippen LogP contribution is 2.30. The molecule has 0 aliphatic heterocycles. The van der Waals surface area contributed by atoms with Gasteiger partial charge in [0.1, 0.15) is 5.58 Å². The van der Waals surface area contributed by atoms with Gasteiger partial charge in [0.15, 0.2) is 5.76 Å². The fourth-order valence-corrected chi connectivity index (χ4v) is 2.43. The van der Waals surface area contributed by atoms with Crippen molar-refractivity contribution in [2.75, 3.05) is 6.61 Å². The predicted molar refractivity (Wildman–Crippen MR) is 90.3 cm³/mol. The third-order valence-corrected chi connectivity index (χ3v) is 3.57. The second kappa shape index (κ2) is 7.00. The number of hydrogen-bond donors (Lipinski definition) is 1. The number of para-hydroxylation sites is 1. The third-order valence-electron chi connectivity index (χ3n) is 3.57. The minimum Gasteiger partial charge on any atom is -0.486 e. The molecule has 24 heavy (non-hydrogen) atoms. The van der Waals surface area contributed by atoms with E-state index in [1.807, 2.05) is 30.3 Å². The van der Waals surface area contributed by atoms with Crippen LogP contribution in [0.25, 0.3) is 22.3 Å². The van der Waals surface area contributed by atoms with Crippen LogP contribution in [0, 0.1) is 0 Å². The lowest BCUT2D eigenvalue weighted by Crippen LogP contribution is -2.12. The number of fused-ring (bicyclic) bond motifs is 1. The van der Waals surface area contributed by atoms with E-state index >= 15 is 0 Å². The van der Waals surface area contributed by atoms with Crippen LogP contribution in [-0.4, -0.2) is 17.7 Å². The van der Waals surface area contributed by atoms with Crippen molar-refractivity contribution in [3.8, 4) is 17.1 Å². The van der Waals surface area contributed by atoms with E-state index < -0.39 is 5.97 Å². The fraction of sp³-hybridized carbons (Fsp3) is 0.158. The van der Waals surface area contributed by atoms with Crippen LogP contribution in [0.2, 0.25) is 0 Å². The number of carboxylic acid groups (broad SMARTS) is 1. The van der Waals surface area contributed by atoms with Crippen LogP contribution in [0.4, 0.5) is 0 Å². The summed E-state index contributed by atoms with van der Waals surface area (Å²) in [5.41, 5.74) is 0.957. The second-order valence-corrected chi connectivity index (χ2v) is 5.30. The van der Waals surface area contributed by atoms with E-state index in [2.05, 4.69) is 0 Å². The minimum atomic E-state index is -0.896. The van der Waals surface area contributed by atoms with Crippen molar-refractivity contribution < 1.29 is 19.1 Å². The zero-order valence-electron chi connectivity index (χ0n) is 12.9. The summed E-state index contributed by atoms with van der Waals surface area (Å²) in [6.07, 6.45) is 0.301. The van der Waals surface area contributed by atoms with E-state index in [4.69, 9.17) is 14.3 Å². The Morgan fingerprint density at radius 1 is 1.04 bits per heavy atom. The fourth-order valence-electron chi connectivity index (χ4n) is 2.43. The number of ether oxygens (including phenoxy) is 1. The number of aliphatic carboxylic acids is 1. The van der Waals surface area contributed by atoms with E-state index in [-0.39, 0.29) is 24.2 Å². The number of carboxylic acids is 1. The number of hydrogen-bond acceptors (Lipinski definition) is 4. The van der Waals surface area contributed by atoms with Crippen LogP contribution in [-0.2, 0) is 4.79 Å². The van der Waals surface area contributed by atoms with Gasteiger partial charge in [0.05, 0.1) is 12.0 Å². The smallest absolute Gasteiger partial charge is 0.303 e. The molecule has 5 heteroatoms. The van der Waals surface area contributed by atoms with Gasteiger partial charge in [0, 0.05) is 12.0 Å². The van der Waals surface area contributed by atoms with E-state index in [1.54, 1.807) is 24.3 Å². The Hall–Kier alpha value is -3.08. The molecule has 2 aromatic carbocycles. The Bertz CT molecular complexity index is 912. The Kier molecular flexibility index (Phi) is 4.61. The molecular formula is C19H16O5. The van der Waals surface area contributed by atoms with Crippen LogP contribution >= 0.6 is 0 Å². The SMILES string of the molecule is O=C(O)CCCOc1c(-c2ccccc2)oc2ccccc2c1=O. The van der Waals surface area contributed by atoms with Crippen LogP contribution in [0.1, 0.15) is 12.8 Å². The van der Waals surface area contributed by atoms with Crippen LogP contribution in [0.5, 0.6) is 5.75 Å². The molecule has 3 aromatic rings. The van der Waals surface area contributed by atoms with Crippen molar-refractivity contribution in [3.63, 3.8) is 0 Å². The molecule has 0 saturated carbocycles. The van der Waals surface area contributed by atoms with Crippen molar-refractivity contribution in [2.45, 2.75) is 12.8 Å². The van der Waals surface area contributed by atoms with Gasteiger partial charge >= 0.3 is 5.97 Å². The summed E-state index contributed by atoms with van der Waals surface area (Å²) >= 11 is 0. The van der Waals surface area contributed by atoms with Gasteiger partial charge in [-0.2, -0.15) is 0 Å². The number of benzene rings is 2. The number of rotatable bonds is 6. The Morgan fingerprint density at radius 3 is 2.50 bits per heavy atom. The molecule has 5 nitrogen and oxygen atoms in total. The zero-order valence-corrected chi connectivity index (χ0v) is 12.9.